The molecule has 0 bridgehead atoms. The van der Waals surface area contributed by atoms with Gasteiger partial charge in [0, 0.05) is 6.54 Å². The number of sulfonamides is 1. The number of rotatable bonds is 7. The molecule has 0 radical (unpaired) electrons. The predicted octanol–water partition coefficient (Wildman–Crippen LogP) is 1.44. The molecule has 1 heterocycles. The van der Waals surface area contributed by atoms with E-state index in [1.165, 1.54) is 31.9 Å². The predicted molar refractivity (Wildman–Crippen MR) is 76.3 cm³/mol. The number of aromatic nitrogens is 2. The van der Waals surface area contributed by atoms with Crippen molar-refractivity contribution in [1.82, 2.24) is 14.9 Å². The van der Waals surface area contributed by atoms with Gasteiger partial charge in [0.2, 0.25) is 0 Å². The van der Waals surface area contributed by atoms with Crippen LogP contribution in [-0.4, -0.2) is 37.7 Å². The SMILES string of the molecule is CCOC(=O)c1cn[nH]c1S(=O)(=O)NCCC1CCCC1. The zero-order chi connectivity index (χ0) is 15.3. The molecule has 8 heteroatoms. The number of carbonyl (C=O) groups excluding carboxylic acids is 1. The van der Waals surface area contributed by atoms with Gasteiger partial charge in [-0.25, -0.2) is 17.9 Å². The lowest BCUT2D eigenvalue weighted by Gasteiger charge is -2.10. The van der Waals surface area contributed by atoms with Crippen LogP contribution in [0.15, 0.2) is 11.2 Å². The van der Waals surface area contributed by atoms with Crippen LogP contribution in [0.2, 0.25) is 0 Å². The molecule has 1 aliphatic rings. The fourth-order valence-electron chi connectivity index (χ4n) is 2.60. The Morgan fingerprint density at radius 1 is 1.48 bits per heavy atom. The molecule has 1 saturated carbocycles. The number of carbonyl (C=O) groups is 1. The first-order valence-corrected chi connectivity index (χ1v) is 8.73. The van der Waals surface area contributed by atoms with Gasteiger partial charge in [0.15, 0.2) is 5.03 Å². The highest BCUT2D eigenvalue weighted by molar-refractivity contribution is 7.89. The number of nitrogens with one attached hydrogen (secondary N) is 2. The Morgan fingerprint density at radius 2 is 2.19 bits per heavy atom. The van der Waals surface area contributed by atoms with Gasteiger partial charge in [0.1, 0.15) is 5.56 Å². The van der Waals surface area contributed by atoms with E-state index in [0.717, 1.165) is 6.42 Å². The highest BCUT2D eigenvalue weighted by Crippen LogP contribution is 2.27. The Labute approximate surface area is 124 Å². The van der Waals surface area contributed by atoms with Crippen LogP contribution in [0.25, 0.3) is 0 Å². The summed E-state index contributed by atoms with van der Waals surface area (Å²) < 4.78 is 31.7. The summed E-state index contributed by atoms with van der Waals surface area (Å²) in [4.78, 5) is 11.7. The summed E-state index contributed by atoms with van der Waals surface area (Å²) in [5.74, 6) is -0.0959. The average molecular weight is 315 g/mol. The van der Waals surface area contributed by atoms with E-state index in [9.17, 15) is 13.2 Å². The zero-order valence-electron chi connectivity index (χ0n) is 12.1. The van der Waals surface area contributed by atoms with Crippen LogP contribution in [0, 0.1) is 5.92 Å². The molecule has 7 nitrogen and oxygen atoms in total. The molecule has 2 N–H and O–H groups in total. The Hall–Kier alpha value is -1.41. The highest BCUT2D eigenvalue weighted by Gasteiger charge is 2.26. The molecule has 1 fully saturated rings. The number of esters is 1. The molecular weight excluding hydrogens is 294 g/mol. The van der Waals surface area contributed by atoms with Crippen molar-refractivity contribution in [2.45, 2.75) is 44.1 Å². The monoisotopic (exact) mass is 315 g/mol. The Bertz CT molecular complexity index is 576. The van der Waals surface area contributed by atoms with Gasteiger partial charge in [-0.15, -0.1) is 0 Å². The summed E-state index contributed by atoms with van der Waals surface area (Å²) in [5.41, 5.74) is -0.0646. The third kappa shape index (κ3) is 4.04. The van der Waals surface area contributed by atoms with Crippen LogP contribution in [0.1, 0.15) is 49.4 Å². The minimum Gasteiger partial charge on any atom is -0.462 e. The van der Waals surface area contributed by atoms with E-state index in [-0.39, 0.29) is 17.2 Å². The first-order chi connectivity index (χ1) is 10.0. The van der Waals surface area contributed by atoms with E-state index in [2.05, 4.69) is 14.9 Å². The minimum absolute atomic E-state index is 0.0646. The number of ether oxygens (including phenoxy) is 1. The van der Waals surface area contributed by atoms with Crippen molar-refractivity contribution in [1.29, 1.82) is 0 Å². The maximum absolute atomic E-state index is 12.2. The van der Waals surface area contributed by atoms with Crippen molar-refractivity contribution in [3.63, 3.8) is 0 Å². The van der Waals surface area contributed by atoms with Crippen molar-refractivity contribution in [2.24, 2.45) is 5.92 Å². The topological polar surface area (TPSA) is 101 Å². The molecule has 1 aliphatic carbocycles. The normalized spacial score (nSPS) is 16.2. The van der Waals surface area contributed by atoms with E-state index in [1.54, 1.807) is 6.92 Å². The molecule has 1 aromatic heterocycles. The summed E-state index contributed by atoms with van der Waals surface area (Å²) in [5, 5.41) is 5.77. The first kappa shape index (κ1) is 16.0. The second-order valence-corrected chi connectivity index (χ2v) is 6.87. The average Bonchev–Trinajstić information content (AvgIpc) is 3.10. The van der Waals surface area contributed by atoms with E-state index >= 15 is 0 Å². The molecule has 0 aromatic carbocycles. The maximum atomic E-state index is 12.2. The minimum atomic E-state index is -3.77. The van der Waals surface area contributed by atoms with E-state index in [1.807, 2.05) is 0 Å². The fraction of sp³-hybridized carbons (Fsp3) is 0.692. The molecule has 21 heavy (non-hydrogen) atoms. The largest absolute Gasteiger partial charge is 0.462 e. The second-order valence-electron chi connectivity index (χ2n) is 5.17. The summed E-state index contributed by atoms with van der Waals surface area (Å²) in [6.07, 6.45) is 6.78. The van der Waals surface area contributed by atoms with Gasteiger partial charge in [0.25, 0.3) is 10.0 Å². The van der Waals surface area contributed by atoms with E-state index in [4.69, 9.17) is 4.74 Å². The third-order valence-corrected chi connectivity index (χ3v) is 5.12. The van der Waals surface area contributed by atoms with Gasteiger partial charge in [-0.1, -0.05) is 25.7 Å². The van der Waals surface area contributed by atoms with Gasteiger partial charge in [0.05, 0.1) is 12.8 Å². The van der Waals surface area contributed by atoms with Crippen LogP contribution in [0.4, 0.5) is 0 Å². The van der Waals surface area contributed by atoms with Gasteiger partial charge in [-0.05, 0) is 19.3 Å². The van der Waals surface area contributed by atoms with Crippen molar-refractivity contribution >= 4 is 16.0 Å². The number of H-pyrrole nitrogens is 1. The van der Waals surface area contributed by atoms with Crippen molar-refractivity contribution < 1.29 is 17.9 Å². The zero-order valence-corrected chi connectivity index (χ0v) is 12.9. The Balaban J connectivity index is 1.98. The molecule has 118 valence electrons. The standard InChI is InChI=1S/C13H21N3O4S/c1-2-20-13(17)11-9-14-16-12(11)21(18,19)15-8-7-10-5-3-4-6-10/h9-10,15H,2-8H2,1H3,(H,14,16). The van der Waals surface area contributed by atoms with Crippen molar-refractivity contribution in [3.05, 3.63) is 11.8 Å². The first-order valence-electron chi connectivity index (χ1n) is 7.24. The molecule has 0 unspecified atom stereocenters. The molecule has 0 amide bonds. The number of hydrogen-bond donors (Lipinski definition) is 2. The fourth-order valence-corrected chi connectivity index (χ4v) is 3.73. The number of nitrogens with zero attached hydrogens (tertiary/aromatic N) is 1. The van der Waals surface area contributed by atoms with Crippen molar-refractivity contribution in [3.8, 4) is 0 Å². The summed E-state index contributed by atoms with van der Waals surface area (Å²) in [7, 11) is -3.77. The molecule has 0 aliphatic heterocycles. The summed E-state index contributed by atoms with van der Waals surface area (Å²) >= 11 is 0. The van der Waals surface area contributed by atoms with Crippen LogP contribution in [0.3, 0.4) is 0 Å². The third-order valence-electron chi connectivity index (χ3n) is 3.69. The van der Waals surface area contributed by atoms with Gasteiger partial charge < -0.3 is 4.74 Å². The molecule has 0 saturated heterocycles. The highest BCUT2D eigenvalue weighted by atomic mass is 32.2. The summed E-state index contributed by atoms with van der Waals surface area (Å²) in [6.45, 7) is 2.21. The van der Waals surface area contributed by atoms with Crippen LogP contribution in [0.5, 0.6) is 0 Å². The second kappa shape index (κ2) is 7.04. The molecular formula is C13H21N3O4S. The van der Waals surface area contributed by atoms with Gasteiger partial charge >= 0.3 is 5.97 Å². The van der Waals surface area contributed by atoms with Crippen molar-refractivity contribution in [2.75, 3.05) is 13.2 Å². The molecule has 0 atom stereocenters. The molecule has 2 rings (SSSR count). The smallest absolute Gasteiger partial charge is 0.342 e. The van der Waals surface area contributed by atoms with E-state index < -0.39 is 16.0 Å². The van der Waals surface area contributed by atoms with Crippen LogP contribution >= 0.6 is 0 Å². The lowest BCUT2D eigenvalue weighted by atomic mass is 10.1. The Kier molecular flexibility index (Phi) is 5.35. The Morgan fingerprint density at radius 3 is 2.86 bits per heavy atom. The van der Waals surface area contributed by atoms with Crippen LogP contribution < -0.4 is 4.72 Å². The van der Waals surface area contributed by atoms with E-state index in [0.29, 0.717) is 12.5 Å². The molecule has 0 spiro atoms. The quantitative estimate of drug-likeness (QED) is 0.742. The van der Waals surface area contributed by atoms with Gasteiger partial charge in [-0.3, -0.25) is 5.10 Å². The molecule has 1 aromatic rings. The maximum Gasteiger partial charge on any atom is 0.342 e. The lowest BCUT2D eigenvalue weighted by Crippen LogP contribution is -2.27. The van der Waals surface area contributed by atoms with Crippen LogP contribution in [-0.2, 0) is 14.8 Å². The van der Waals surface area contributed by atoms with Gasteiger partial charge in [-0.2, -0.15) is 5.10 Å². The summed E-state index contributed by atoms with van der Waals surface area (Å²) in [6, 6.07) is 0. The lowest BCUT2D eigenvalue weighted by molar-refractivity contribution is 0.0522. The number of aromatic amines is 1. The number of hydrogen-bond acceptors (Lipinski definition) is 5.